The summed E-state index contributed by atoms with van der Waals surface area (Å²) >= 11 is 0. The summed E-state index contributed by atoms with van der Waals surface area (Å²) in [6.45, 7) is 1.34. The Bertz CT molecular complexity index is 446. The number of carbonyl (C=O) groups is 1. The van der Waals surface area contributed by atoms with Crippen LogP contribution in [0.25, 0.3) is 0 Å². The SMILES string of the molecule is COc1c(C(C)C(=O)O)cc(F)c(F)c1OC. The highest BCUT2D eigenvalue weighted by Crippen LogP contribution is 2.39. The van der Waals surface area contributed by atoms with E-state index in [0.717, 1.165) is 13.2 Å². The number of methoxy groups -OCH3 is 2. The lowest BCUT2D eigenvalue weighted by molar-refractivity contribution is -0.138. The minimum atomic E-state index is -1.20. The Balaban J connectivity index is 3.49. The average molecular weight is 246 g/mol. The molecule has 0 bridgehead atoms. The first-order valence-electron chi connectivity index (χ1n) is 4.76. The van der Waals surface area contributed by atoms with E-state index in [-0.39, 0.29) is 11.3 Å². The van der Waals surface area contributed by atoms with Crippen molar-refractivity contribution < 1.29 is 28.2 Å². The van der Waals surface area contributed by atoms with Gasteiger partial charge in [0.2, 0.25) is 5.82 Å². The fraction of sp³-hybridized carbons (Fsp3) is 0.364. The highest BCUT2D eigenvalue weighted by molar-refractivity contribution is 5.77. The molecule has 0 fully saturated rings. The van der Waals surface area contributed by atoms with Crippen molar-refractivity contribution in [2.75, 3.05) is 14.2 Å². The second-order valence-electron chi connectivity index (χ2n) is 3.39. The maximum atomic E-state index is 13.4. The van der Waals surface area contributed by atoms with Crippen molar-refractivity contribution >= 4 is 5.97 Å². The third kappa shape index (κ3) is 2.30. The number of hydrogen-bond acceptors (Lipinski definition) is 3. The van der Waals surface area contributed by atoms with Crippen molar-refractivity contribution in [3.05, 3.63) is 23.3 Å². The zero-order valence-electron chi connectivity index (χ0n) is 9.58. The molecular weight excluding hydrogens is 234 g/mol. The molecule has 1 aromatic rings. The van der Waals surface area contributed by atoms with Crippen LogP contribution in [-0.4, -0.2) is 25.3 Å². The topological polar surface area (TPSA) is 55.8 Å². The van der Waals surface area contributed by atoms with Gasteiger partial charge in [-0.25, -0.2) is 4.39 Å². The summed E-state index contributed by atoms with van der Waals surface area (Å²) in [5, 5.41) is 8.87. The number of benzene rings is 1. The molecule has 94 valence electrons. The Hall–Kier alpha value is -1.85. The van der Waals surface area contributed by atoms with Gasteiger partial charge in [-0.05, 0) is 13.0 Å². The van der Waals surface area contributed by atoms with E-state index >= 15 is 0 Å². The van der Waals surface area contributed by atoms with Gasteiger partial charge < -0.3 is 14.6 Å². The van der Waals surface area contributed by atoms with E-state index in [2.05, 4.69) is 4.74 Å². The molecule has 0 aliphatic carbocycles. The molecule has 0 aliphatic rings. The van der Waals surface area contributed by atoms with Crippen LogP contribution in [0.2, 0.25) is 0 Å². The van der Waals surface area contributed by atoms with Crippen molar-refractivity contribution in [2.24, 2.45) is 0 Å². The van der Waals surface area contributed by atoms with Crippen LogP contribution in [0.3, 0.4) is 0 Å². The molecular formula is C11H12F2O4. The van der Waals surface area contributed by atoms with E-state index in [1.165, 1.54) is 14.0 Å². The van der Waals surface area contributed by atoms with Gasteiger partial charge >= 0.3 is 5.97 Å². The van der Waals surface area contributed by atoms with Gasteiger partial charge in [0, 0.05) is 5.56 Å². The minimum Gasteiger partial charge on any atom is -0.492 e. The molecule has 1 rings (SSSR count). The van der Waals surface area contributed by atoms with Gasteiger partial charge in [0.05, 0.1) is 20.1 Å². The predicted molar refractivity (Wildman–Crippen MR) is 55.5 cm³/mol. The Morgan fingerprint density at radius 3 is 2.24 bits per heavy atom. The maximum absolute atomic E-state index is 13.4. The number of ether oxygens (including phenoxy) is 2. The maximum Gasteiger partial charge on any atom is 0.310 e. The summed E-state index contributed by atoms with van der Waals surface area (Å²) in [5.74, 6) is -5.13. The van der Waals surface area contributed by atoms with Crippen LogP contribution < -0.4 is 9.47 Å². The van der Waals surface area contributed by atoms with Crippen LogP contribution >= 0.6 is 0 Å². The second kappa shape index (κ2) is 4.99. The van der Waals surface area contributed by atoms with Crippen LogP contribution in [0.1, 0.15) is 18.4 Å². The molecule has 1 aromatic carbocycles. The first-order valence-corrected chi connectivity index (χ1v) is 4.76. The summed E-state index contributed by atoms with van der Waals surface area (Å²) in [6.07, 6.45) is 0. The van der Waals surface area contributed by atoms with Crippen molar-refractivity contribution in [1.82, 2.24) is 0 Å². The molecule has 0 heterocycles. The van der Waals surface area contributed by atoms with Gasteiger partial charge in [0.25, 0.3) is 0 Å². The first kappa shape index (κ1) is 13.2. The smallest absolute Gasteiger partial charge is 0.310 e. The van der Waals surface area contributed by atoms with Crippen molar-refractivity contribution in [3.63, 3.8) is 0 Å². The fourth-order valence-electron chi connectivity index (χ4n) is 1.45. The van der Waals surface area contributed by atoms with Gasteiger partial charge in [-0.3, -0.25) is 4.79 Å². The zero-order chi connectivity index (χ0) is 13.2. The highest BCUT2D eigenvalue weighted by Gasteiger charge is 2.26. The molecule has 0 saturated carbocycles. The van der Waals surface area contributed by atoms with E-state index in [1.807, 2.05) is 0 Å². The molecule has 0 spiro atoms. The Morgan fingerprint density at radius 2 is 1.82 bits per heavy atom. The van der Waals surface area contributed by atoms with Crippen LogP contribution in [-0.2, 0) is 4.79 Å². The minimum absolute atomic E-state index is 0.0238. The summed E-state index contributed by atoms with van der Waals surface area (Å²) in [4.78, 5) is 10.9. The van der Waals surface area contributed by atoms with Crippen molar-refractivity contribution in [3.8, 4) is 11.5 Å². The van der Waals surface area contributed by atoms with Gasteiger partial charge in [-0.15, -0.1) is 0 Å². The lowest BCUT2D eigenvalue weighted by Crippen LogP contribution is -2.11. The van der Waals surface area contributed by atoms with E-state index in [1.54, 1.807) is 0 Å². The largest absolute Gasteiger partial charge is 0.492 e. The lowest BCUT2D eigenvalue weighted by Gasteiger charge is -2.16. The van der Waals surface area contributed by atoms with Crippen molar-refractivity contribution in [1.29, 1.82) is 0 Å². The van der Waals surface area contributed by atoms with E-state index < -0.39 is 29.3 Å². The molecule has 4 nitrogen and oxygen atoms in total. The predicted octanol–water partition coefficient (Wildman–Crippen LogP) is 2.17. The molecule has 6 heteroatoms. The normalized spacial score (nSPS) is 12.1. The fourth-order valence-corrected chi connectivity index (χ4v) is 1.45. The summed E-state index contributed by atoms with van der Waals surface area (Å²) < 4.78 is 36.2. The average Bonchev–Trinajstić information content (AvgIpc) is 2.30. The number of rotatable bonds is 4. The first-order chi connectivity index (χ1) is 7.93. The van der Waals surface area contributed by atoms with Crippen LogP contribution in [0.4, 0.5) is 8.78 Å². The van der Waals surface area contributed by atoms with Crippen LogP contribution in [0.5, 0.6) is 11.5 Å². The number of hydrogen-bond donors (Lipinski definition) is 1. The molecule has 1 N–H and O–H groups in total. The molecule has 0 saturated heterocycles. The van der Waals surface area contributed by atoms with E-state index in [4.69, 9.17) is 9.84 Å². The van der Waals surface area contributed by atoms with Crippen molar-refractivity contribution in [2.45, 2.75) is 12.8 Å². The second-order valence-corrected chi connectivity index (χ2v) is 3.39. The Labute approximate surface area is 96.8 Å². The molecule has 0 radical (unpaired) electrons. The van der Waals surface area contributed by atoms with Gasteiger partial charge in [-0.1, -0.05) is 0 Å². The van der Waals surface area contributed by atoms with Crippen LogP contribution in [0, 0.1) is 11.6 Å². The molecule has 0 amide bonds. The highest BCUT2D eigenvalue weighted by atomic mass is 19.2. The molecule has 0 aromatic heterocycles. The molecule has 17 heavy (non-hydrogen) atoms. The van der Waals surface area contributed by atoms with Crippen LogP contribution in [0.15, 0.2) is 6.07 Å². The Kier molecular flexibility index (Phi) is 3.88. The monoisotopic (exact) mass is 246 g/mol. The number of carboxylic acid groups (broad SMARTS) is 1. The quantitative estimate of drug-likeness (QED) is 0.884. The van der Waals surface area contributed by atoms with Gasteiger partial charge in [-0.2, -0.15) is 4.39 Å². The van der Waals surface area contributed by atoms with E-state index in [9.17, 15) is 13.6 Å². The molecule has 1 atom stereocenters. The molecule has 0 aliphatic heterocycles. The standard InChI is InChI=1S/C11H12F2O4/c1-5(11(14)15)6-4-7(12)8(13)10(17-3)9(6)16-2/h4-5H,1-3H3,(H,14,15). The number of halogens is 2. The summed E-state index contributed by atoms with van der Waals surface area (Å²) in [6, 6.07) is 0.801. The van der Waals surface area contributed by atoms with Gasteiger partial charge in [0.1, 0.15) is 0 Å². The van der Waals surface area contributed by atoms with E-state index in [0.29, 0.717) is 0 Å². The zero-order valence-corrected chi connectivity index (χ0v) is 9.58. The molecule has 1 unspecified atom stereocenters. The number of aliphatic carboxylic acids is 1. The third-order valence-corrected chi connectivity index (χ3v) is 2.40. The number of carboxylic acids is 1. The summed E-state index contributed by atoms with van der Waals surface area (Å²) in [7, 11) is 2.38. The Morgan fingerprint density at radius 1 is 1.29 bits per heavy atom. The lowest BCUT2D eigenvalue weighted by atomic mass is 9.99. The van der Waals surface area contributed by atoms with Gasteiger partial charge in [0.15, 0.2) is 17.3 Å². The third-order valence-electron chi connectivity index (χ3n) is 2.40. The summed E-state index contributed by atoms with van der Waals surface area (Å²) in [5.41, 5.74) is 0.0238.